The molecule has 128 valence electrons. The van der Waals surface area contributed by atoms with E-state index in [-0.39, 0.29) is 0 Å². The van der Waals surface area contributed by atoms with Crippen molar-refractivity contribution in [2.24, 2.45) is 0 Å². The summed E-state index contributed by atoms with van der Waals surface area (Å²) in [5, 5.41) is 0.812. The zero-order valence-corrected chi connectivity index (χ0v) is 15.5. The van der Waals surface area contributed by atoms with Gasteiger partial charge in [-0.15, -0.1) is 0 Å². The van der Waals surface area contributed by atoms with Gasteiger partial charge in [-0.3, -0.25) is 0 Å². The molecule has 0 unspecified atom stereocenters. The zero-order valence-electron chi connectivity index (χ0n) is 14.7. The lowest BCUT2D eigenvalue weighted by molar-refractivity contribution is -0.914. The van der Waals surface area contributed by atoms with Gasteiger partial charge in [-0.05, 0) is 55.3 Å². The molecule has 2 aromatic carbocycles. The molecular weight excluding hydrogens is 320 g/mol. The predicted octanol–water partition coefficient (Wildman–Crippen LogP) is 2.87. The van der Waals surface area contributed by atoms with Crippen LogP contribution in [0.4, 0.5) is 5.69 Å². The molecule has 1 aliphatic heterocycles. The van der Waals surface area contributed by atoms with Crippen LogP contribution in [0.5, 0.6) is 5.75 Å². The molecule has 1 heterocycles. The molecular formula is C20H26ClN2O+. The fourth-order valence-electron chi connectivity index (χ4n) is 3.46. The molecule has 0 bridgehead atoms. The van der Waals surface area contributed by atoms with Gasteiger partial charge >= 0.3 is 0 Å². The zero-order chi connectivity index (χ0) is 17.1. The van der Waals surface area contributed by atoms with Crippen LogP contribution in [0, 0.1) is 13.8 Å². The van der Waals surface area contributed by atoms with Crippen LogP contribution in [0.3, 0.4) is 0 Å². The highest BCUT2D eigenvalue weighted by atomic mass is 35.5. The summed E-state index contributed by atoms with van der Waals surface area (Å²) in [4.78, 5) is 4.07. The third-order valence-electron chi connectivity index (χ3n) is 5.15. The molecule has 1 fully saturated rings. The Morgan fingerprint density at radius 1 is 1.08 bits per heavy atom. The van der Waals surface area contributed by atoms with E-state index in [1.54, 1.807) is 12.0 Å². The molecule has 3 nitrogen and oxygen atoms in total. The van der Waals surface area contributed by atoms with Crippen molar-refractivity contribution in [3.05, 3.63) is 58.1 Å². The number of quaternary nitrogens is 1. The smallest absolute Gasteiger partial charge is 0.122 e. The number of halogens is 1. The Hall–Kier alpha value is -1.71. The summed E-state index contributed by atoms with van der Waals surface area (Å²) in [6, 6.07) is 12.5. The Morgan fingerprint density at radius 2 is 1.83 bits per heavy atom. The molecule has 0 aliphatic carbocycles. The number of nitrogens with one attached hydrogen (secondary N) is 1. The van der Waals surface area contributed by atoms with Gasteiger partial charge in [0.25, 0.3) is 0 Å². The minimum Gasteiger partial charge on any atom is -0.496 e. The maximum atomic E-state index is 6.11. The second-order valence-electron chi connectivity index (χ2n) is 6.57. The number of methoxy groups -OCH3 is 1. The summed E-state index contributed by atoms with van der Waals surface area (Å²) in [7, 11) is 1.74. The molecule has 0 atom stereocenters. The number of hydrogen-bond acceptors (Lipinski definition) is 2. The van der Waals surface area contributed by atoms with Gasteiger partial charge in [0.05, 0.1) is 33.3 Å². The Balaban J connectivity index is 1.63. The normalized spacial score (nSPS) is 15.6. The average molecular weight is 346 g/mol. The van der Waals surface area contributed by atoms with Gasteiger partial charge in [-0.1, -0.05) is 17.7 Å². The van der Waals surface area contributed by atoms with Gasteiger partial charge in [-0.2, -0.15) is 0 Å². The predicted molar refractivity (Wildman–Crippen MR) is 101 cm³/mol. The van der Waals surface area contributed by atoms with Gasteiger partial charge < -0.3 is 14.5 Å². The van der Waals surface area contributed by atoms with Crippen LogP contribution in [-0.2, 0) is 6.54 Å². The number of rotatable bonds is 4. The van der Waals surface area contributed by atoms with Crippen molar-refractivity contribution in [1.82, 2.24) is 0 Å². The molecule has 3 rings (SSSR count). The lowest BCUT2D eigenvalue weighted by Gasteiger charge is -2.34. The topological polar surface area (TPSA) is 16.9 Å². The highest BCUT2D eigenvalue weighted by molar-refractivity contribution is 6.30. The lowest BCUT2D eigenvalue weighted by Crippen LogP contribution is -3.13. The first-order valence-corrected chi connectivity index (χ1v) is 8.93. The quantitative estimate of drug-likeness (QED) is 0.917. The van der Waals surface area contributed by atoms with Crippen molar-refractivity contribution in [3.63, 3.8) is 0 Å². The van der Waals surface area contributed by atoms with Crippen LogP contribution < -0.4 is 14.5 Å². The van der Waals surface area contributed by atoms with E-state index >= 15 is 0 Å². The summed E-state index contributed by atoms with van der Waals surface area (Å²) in [6.07, 6.45) is 0. The highest BCUT2D eigenvalue weighted by Crippen LogP contribution is 2.23. The first kappa shape index (κ1) is 17.1. The largest absolute Gasteiger partial charge is 0.496 e. The van der Waals surface area contributed by atoms with Crippen LogP contribution in [-0.4, -0.2) is 33.3 Å². The number of benzene rings is 2. The van der Waals surface area contributed by atoms with Gasteiger partial charge in [0.2, 0.25) is 0 Å². The van der Waals surface area contributed by atoms with E-state index in [2.05, 4.69) is 43.0 Å². The minimum atomic E-state index is 0.812. The Morgan fingerprint density at radius 3 is 2.50 bits per heavy atom. The first-order valence-electron chi connectivity index (χ1n) is 8.55. The van der Waals surface area contributed by atoms with Crippen molar-refractivity contribution in [2.75, 3.05) is 38.2 Å². The SMILES string of the molecule is COc1ccc(C[NH+]2CCN(c3cccc(Cl)c3)CC2)c(C)c1C. The van der Waals surface area contributed by atoms with Crippen molar-refractivity contribution in [3.8, 4) is 5.75 Å². The van der Waals surface area contributed by atoms with Crippen molar-refractivity contribution >= 4 is 17.3 Å². The molecule has 1 saturated heterocycles. The van der Waals surface area contributed by atoms with E-state index in [4.69, 9.17) is 16.3 Å². The second-order valence-corrected chi connectivity index (χ2v) is 7.01. The fourth-order valence-corrected chi connectivity index (χ4v) is 3.65. The van der Waals surface area contributed by atoms with Crippen molar-refractivity contribution < 1.29 is 9.64 Å². The maximum Gasteiger partial charge on any atom is 0.122 e. The molecule has 1 aliphatic rings. The summed E-state index contributed by atoms with van der Waals surface area (Å²) in [6.45, 7) is 9.88. The number of ether oxygens (including phenoxy) is 1. The van der Waals surface area contributed by atoms with Crippen LogP contribution in [0.15, 0.2) is 36.4 Å². The van der Waals surface area contributed by atoms with E-state index in [0.29, 0.717) is 0 Å². The van der Waals surface area contributed by atoms with Gasteiger partial charge in [0.15, 0.2) is 0 Å². The van der Waals surface area contributed by atoms with E-state index < -0.39 is 0 Å². The standard InChI is InChI=1S/C20H25ClN2O/c1-15-16(2)20(24-3)8-7-17(15)14-22-9-11-23(12-10-22)19-6-4-5-18(21)13-19/h4-8,13H,9-12,14H2,1-3H3/p+1. The molecule has 0 aromatic heterocycles. The summed E-state index contributed by atoms with van der Waals surface area (Å²) in [5.74, 6) is 0.983. The third-order valence-corrected chi connectivity index (χ3v) is 5.39. The minimum absolute atomic E-state index is 0.812. The van der Waals surface area contributed by atoms with Crippen LogP contribution in [0.2, 0.25) is 5.02 Å². The molecule has 0 saturated carbocycles. The summed E-state index contributed by atoms with van der Waals surface area (Å²) in [5.41, 5.74) is 5.28. The van der Waals surface area contributed by atoms with E-state index in [9.17, 15) is 0 Å². The van der Waals surface area contributed by atoms with Crippen LogP contribution in [0.1, 0.15) is 16.7 Å². The van der Waals surface area contributed by atoms with Crippen molar-refractivity contribution in [1.29, 1.82) is 0 Å². The summed E-state index contributed by atoms with van der Waals surface area (Å²) < 4.78 is 5.42. The second kappa shape index (κ2) is 7.45. The van der Waals surface area contributed by atoms with E-state index in [1.807, 2.05) is 12.1 Å². The number of nitrogens with zero attached hydrogens (tertiary/aromatic N) is 1. The number of piperazine rings is 1. The monoisotopic (exact) mass is 345 g/mol. The Kier molecular flexibility index (Phi) is 5.32. The highest BCUT2D eigenvalue weighted by Gasteiger charge is 2.21. The lowest BCUT2D eigenvalue weighted by atomic mass is 10.0. The Labute approximate surface area is 149 Å². The molecule has 4 heteroatoms. The molecule has 1 N–H and O–H groups in total. The fraction of sp³-hybridized carbons (Fsp3) is 0.400. The van der Waals surface area contributed by atoms with Gasteiger partial charge in [-0.25, -0.2) is 0 Å². The number of hydrogen-bond donors (Lipinski definition) is 1. The summed E-state index contributed by atoms with van der Waals surface area (Å²) >= 11 is 6.11. The van der Waals surface area contributed by atoms with Crippen LogP contribution >= 0.6 is 11.6 Å². The first-order chi connectivity index (χ1) is 11.6. The molecule has 2 aromatic rings. The average Bonchev–Trinajstić information content (AvgIpc) is 2.60. The Bertz CT molecular complexity index is 709. The molecule has 0 radical (unpaired) electrons. The van der Waals surface area contributed by atoms with Gasteiger partial charge in [0, 0.05) is 16.3 Å². The number of anilines is 1. The molecule has 0 spiro atoms. The van der Waals surface area contributed by atoms with Gasteiger partial charge in [0.1, 0.15) is 12.3 Å². The van der Waals surface area contributed by atoms with Crippen molar-refractivity contribution in [2.45, 2.75) is 20.4 Å². The van der Waals surface area contributed by atoms with Crippen LogP contribution in [0.25, 0.3) is 0 Å². The molecule has 24 heavy (non-hydrogen) atoms. The third kappa shape index (κ3) is 3.68. The maximum absolute atomic E-state index is 6.11. The molecule has 0 amide bonds. The van der Waals surface area contributed by atoms with E-state index in [0.717, 1.165) is 43.5 Å². The van der Waals surface area contributed by atoms with E-state index in [1.165, 1.54) is 22.4 Å².